The van der Waals surface area contributed by atoms with Crippen LogP contribution in [0.1, 0.15) is 5.56 Å². The van der Waals surface area contributed by atoms with E-state index in [1.54, 1.807) is 12.1 Å². The first-order valence-electron chi connectivity index (χ1n) is 7.33. The predicted octanol–water partition coefficient (Wildman–Crippen LogP) is 5.25. The molecule has 0 unspecified atom stereocenters. The second-order valence-electron chi connectivity index (χ2n) is 5.45. The standard InChI is InChI=1S/C20H10BrNO2/c21-14-7-5-12(6-8-14)16-10-17-15-3-1-2-4-19(15)24-20(23)18(17)9-13(16)11-22/h1-10H. The molecule has 24 heavy (non-hydrogen) atoms. The van der Waals surface area contributed by atoms with Crippen LogP contribution in [-0.4, -0.2) is 0 Å². The van der Waals surface area contributed by atoms with Gasteiger partial charge in [-0.15, -0.1) is 0 Å². The van der Waals surface area contributed by atoms with Gasteiger partial charge in [0.1, 0.15) is 5.58 Å². The average Bonchev–Trinajstić information content (AvgIpc) is 2.61. The molecule has 0 N–H and O–H groups in total. The van der Waals surface area contributed by atoms with Gasteiger partial charge in [-0.25, -0.2) is 4.79 Å². The van der Waals surface area contributed by atoms with Crippen molar-refractivity contribution in [3.8, 4) is 17.2 Å². The third-order valence-electron chi connectivity index (χ3n) is 4.03. The van der Waals surface area contributed by atoms with Gasteiger partial charge in [0, 0.05) is 20.8 Å². The lowest BCUT2D eigenvalue weighted by Crippen LogP contribution is -2.01. The van der Waals surface area contributed by atoms with Crippen LogP contribution in [0.5, 0.6) is 0 Å². The maximum atomic E-state index is 12.3. The van der Waals surface area contributed by atoms with Crippen molar-refractivity contribution < 1.29 is 4.42 Å². The monoisotopic (exact) mass is 375 g/mol. The van der Waals surface area contributed by atoms with E-state index in [1.807, 2.05) is 48.5 Å². The maximum Gasteiger partial charge on any atom is 0.344 e. The van der Waals surface area contributed by atoms with E-state index in [-0.39, 0.29) is 0 Å². The van der Waals surface area contributed by atoms with Crippen LogP contribution >= 0.6 is 15.9 Å². The molecule has 0 aliphatic rings. The molecule has 1 heterocycles. The van der Waals surface area contributed by atoms with E-state index in [0.717, 1.165) is 26.4 Å². The topological polar surface area (TPSA) is 54.0 Å². The summed E-state index contributed by atoms with van der Waals surface area (Å²) in [5.74, 6) is 0. The summed E-state index contributed by atoms with van der Waals surface area (Å²) in [5.41, 5.74) is 2.29. The Bertz CT molecular complexity index is 1180. The van der Waals surface area contributed by atoms with Gasteiger partial charge in [0.25, 0.3) is 0 Å². The summed E-state index contributed by atoms with van der Waals surface area (Å²) in [6.07, 6.45) is 0. The molecule has 0 saturated heterocycles. The molecule has 0 amide bonds. The molecule has 0 bridgehead atoms. The van der Waals surface area contributed by atoms with Crippen LogP contribution in [0.4, 0.5) is 0 Å². The Balaban J connectivity index is 2.14. The van der Waals surface area contributed by atoms with Crippen LogP contribution in [0, 0.1) is 11.3 Å². The number of nitriles is 1. The Labute approximate surface area is 145 Å². The lowest BCUT2D eigenvalue weighted by molar-refractivity contribution is 0.569. The van der Waals surface area contributed by atoms with Gasteiger partial charge in [0.15, 0.2) is 0 Å². The van der Waals surface area contributed by atoms with Crippen molar-refractivity contribution >= 4 is 37.7 Å². The summed E-state index contributed by atoms with van der Waals surface area (Å²) >= 11 is 3.42. The maximum absolute atomic E-state index is 12.3. The van der Waals surface area contributed by atoms with Crippen molar-refractivity contribution in [2.75, 3.05) is 0 Å². The van der Waals surface area contributed by atoms with E-state index >= 15 is 0 Å². The molecule has 3 nitrogen and oxygen atoms in total. The molecule has 3 aromatic carbocycles. The molecule has 0 aliphatic heterocycles. The number of hydrogen-bond acceptors (Lipinski definition) is 3. The van der Waals surface area contributed by atoms with Gasteiger partial charge >= 0.3 is 5.63 Å². The predicted molar refractivity (Wildman–Crippen MR) is 97.8 cm³/mol. The fraction of sp³-hybridized carbons (Fsp3) is 0. The van der Waals surface area contributed by atoms with Crippen molar-refractivity contribution in [2.24, 2.45) is 0 Å². The molecule has 0 spiro atoms. The number of fused-ring (bicyclic) bond motifs is 3. The molecule has 4 rings (SSSR count). The van der Waals surface area contributed by atoms with Crippen LogP contribution in [0.15, 0.2) is 74.3 Å². The third kappa shape index (κ3) is 2.31. The first-order valence-corrected chi connectivity index (χ1v) is 8.12. The number of hydrogen-bond donors (Lipinski definition) is 0. The second-order valence-corrected chi connectivity index (χ2v) is 6.36. The minimum atomic E-state index is -0.428. The average molecular weight is 376 g/mol. The van der Waals surface area contributed by atoms with Crippen molar-refractivity contribution in [3.63, 3.8) is 0 Å². The van der Waals surface area contributed by atoms with E-state index in [0.29, 0.717) is 16.5 Å². The highest BCUT2D eigenvalue weighted by atomic mass is 79.9. The Hall–Kier alpha value is -2.90. The fourth-order valence-electron chi connectivity index (χ4n) is 2.89. The van der Waals surface area contributed by atoms with Crippen LogP contribution in [0.2, 0.25) is 0 Å². The van der Waals surface area contributed by atoms with E-state index in [4.69, 9.17) is 4.42 Å². The van der Waals surface area contributed by atoms with Gasteiger partial charge in [-0.1, -0.05) is 46.3 Å². The lowest BCUT2D eigenvalue weighted by atomic mass is 9.95. The van der Waals surface area contributed by atoms with Gasteiger partial charge in [-0.05, 0) is 35.9 Å². The van der Waals surface area contributed by atoms with Crippen LogP contribution in [0.25, 0.3) is 32.9 Å². The molecule has 0 saturated carbocycles. The number of para-hydroxylation sites is 1. The molecular formula is C20H10BrNO2. The highest BCUT2D eigenvalue weighted by molar-refractivity contribution is 9.10. The van der Waals surface area contributed by atoms with Crippen LogP contribution in [0.3, 0.4) is 0 Å². The Morgan fingerprint density at radius 3 is 2.42 bits per heavy atom. The van der Waals surface area contributed by atoms with E-state index in [2.05, 4.69) is 22.0 Å². The number of benzene rings is 3. The molecule has 0 aliphatic carbocycles. The van der Waals surface area contributed by atoms with Crippen molar-refractivity contribution in [2.45, 2.75) is 0 Å². The zero-order valence-electron chi connectivity index (χ0n) is 12.4. The van der Waals surface area contributed by atoms with Gasteiger partial charge in [0.2, 0.25) is 0 Å². The van der Waals surface area contributed by atoms with Gasteiger partial charge in [-0.2, -0.15) is 5.26 Å². The zero-order chi connectivity index (χ0) is 16.7. The summed E-state index contributed by atoms with van der Waals surface area (Å²) in [4.78, 5) is 12.3. The SMILES string of the molecule is N#Cc1cc2c(=O)oc3ccccc3c2cc1-c1ccc(Br)cc1. The Morgan fingerprint density at radius 1 is 0.917 bits per heavy atom. The summed E-state index contributed by atoms with van der Waals surface area (Å²) in [7, 11) is 0. The van der Waals surface area contributed by atoms with Crippen molar-refractivity contribution in [1.82, 2.24) is 0 Å². The van der Waals surface area contributed by atoms with Gasteiger partial charge in [0.05, 0.1) is 17.0 Å². The van der Waals surface area contributed by atoms with E-state index in [1.165, 1.54) is 0 Å². The molecule has 0 atom stereocenters. The number of nitrogens with zero attached hydrogens (tertiary/aromatic N) is 1. The highest BCUT2D eigenvalue weighted by Crippen LogP contribution is 2.31. The first-order chi connectivity index (χ1) is 11.7. The smallest absolute Gasteiger partial charge is 0.344 e. The summed E-state index contributed by atoms with van der Waals surface area (Å²) in [6, 6.07) is 20.9. The molecule has 4 aromatic rings. The number of rotatable bonds is 1. The van der Waals surface area contributed by atoms with E-state index < -0.39 is 5.63 Å². The van der Waals surface area contributed by atoms with Crippen molar-refractivity contribution in [1.29, 1.82) is 5.26 Å². The summed E-state index contributed by atoms with van der Waals surface area (Å²) in [6.45, 7) is 0. The van der Waals surface area contributed by atoms with E-state index in [9.17, 15) is 10.1 Å². The number of halogens is 1. The minimum Gasteiger partial charge on any atom is -0.422 e. The molecule has 4 heteroatoms. The van der Waals surface area contributed by atoms with Gasteiger partial charge in [-0.3, -0.25) is 0 Å². The normalized spacial score (nSPS) is 10.8. The van der Waals surface area contributed by atoms with Gasteiger partial charge < -0.3 is 4.42 Å². The summed E-state index contributed by atoms with van der Waals surface area (Å²) < 4.78 is 6.33. The Morgan fingerprint density at radius 2 is 1.67 bits per heavy atom. The summed E-state index contributed by atoms with van der Waals surface area (Å²) in [5, 5.41) is 11.6. The second kappa shape index (κ2) is 5.63. The Kier molecular flexibility index (Phi) is 3.44. The fourth-order valence-corrected chi connectivity index (χ4v) is 3.15. The van der Waals surface area contributed by atoms with Crippen LogP contribution in [-0.2, 0) is 0 Å². The van der Waals surface area contributed by atoms with Crippen LogP contribution < -0.4 is 5.63 Å². The molecule has 0 fully saturated rings. The third-order valence-corrected chi connectivity index (χ3v) is 4.56. The minimum absolute atomic E-state index is 0.422. The van der Waals surface area contributed by atoms with Crippen molar-refractivity contribution in [3.05, 3.63) is 81.1 Å². The molecular weight excluding hydrogens is 366 g/mol. The largest absolute Gasteiger partial charge is 0.422 e. The first kappa shape index (κ1) is 14.7. The highest BCUT2D eigenvalue weighted by Gasteiger charge is 2.13. The molecule has 0 radical (unpaired) electrons. The quantitative estimate of drug-likeness (QED) is 0.337. The molecule has 114 valence electrons. The molecule has 1 aromatic heterocycles. The lowest BCUT2D eigenvalue weighted by Gasteiger charge is -2.08. The zero-order valence-corrected chi connectivity index (χ0v) is 14.0.